The van der Waals surface area contributed by atoms with Crippen molar-refractivity contribution in [3.05, 3.63) is 63.6 Å². The highest BCUT2D eigenvalue weighted by atomic mass is 35.5. The average Bonchev–Trinajstić information content (AvgIpc) is 2.88. The summed E-state index contributed by atoms with van der Waals surface area (Å²) in [5.41, 5.74) is 4.38. The van der Waals surface area contributed by atoms with Crippen LogP contribution in [0, 0.1) is 0 Å². The molecule has 2 aromatic carbocycles. The molecular formula is C25H28Cl2N6O4. The number of rotatable bonds is 8. The number of carbonyl (C=O) groups is 3. The summed E-state index contributed by atoms with van der Waals surface area (Å²) in [4.78, 5) is 40.3. The van der Waals surface area contributed by atoms with Gasteiger partial charge in [-0.3, -0.25) is 14.5 Å². The van der Waals surface area contributed by atoms with Gasteiger partial charge in [0.25, 0.3) is 11.8 Å². The van der Waals surface area contributed by atoms with E-state index in [1.165, 1.54) is 0 Å². The molecule has 0 radical (unpaired) electrons. The third kappa shape index (κ3) is 7.12. The van der Waals surface area contributed by atoms with E-state index < -0.39 is 0 Å². The van der Waals surface area contributed by atoms with Crippen molar-refractivity contribution >= 4 is 46.8 Å². The van der Waals surface area contributed by atoms with E-state index in [-0.39, 0.29) is 30.5 Å². The number of hydrogen-bond acceptors (Lipinski definition) is 6. The van der Waals surface area contributed by atoms with E-state index in [4.69, 9.17) is 27.9 Å². The lowest BCUT2D eigenvalue weighted by atomic mass is 10.0. The molecule has 2 aliphatic heterocycles. The quantitative estimate of drug-likeness (QED) is 0.470. The van der Waals surface area contributed by atoms with Gasteiger partial charge in [0.15, 0.2) is 6.61 Å². The van der Waals surface area contributed by atoms with Crippen molar-refractivity contribution in [1.29, 1.82) is 0 Å². The second kappa shape index (κ2) is 12.3. The molecule has 4 rings (SSSR count). The van der Waals surface area contributed by atoms with Gasteiger partial charge in [0.05, 0.1) is 16.8 Å². The van der Waals surface area contributed by atoms with Crippen LogP contribution in [0.3, 0.4) is 0 Å². The standard InChI is InChI=1S/C25H28Cl2N6O4/c1-16-23(30-31-25(36)29-16)18-4-7-21(20(27)14-18)37-15-22(34)28-8-9-32-10-12-33(13-11-32)24(35)17-2-5-19(26)6-3-17/h2-7,14,16H,8-13,15H2,1H3,(H,28,34)(H2,29,31,36). The van der Waals surface area contributed by atoms with Crippen LogP contribution in [-0.4, -0.2) is 85.3 Å². The maximum atomic E-state index is 12.6. The number of hydrazone groups is 1. The molecule has 1 saturated heterocycles. The highest BCUT2D eigenvalue weighted by molar-refractivity contribution is 6.32. The molecule has 2 aromatic rings. The number of benzene rings is 2. The predicted molar refractivity (Wildman–Crippen MR) is 141 cm³/mol. The van der Waals surface area contributed by atoms with Gasteiger partial charge in [-0.1, -0.05) is 23.2 Å². The molecular weight excluding hydrogens is 519 g/mol. The molecule has 1 unspecified atom stereocenters. The SMILES string of the molecule is CC1NC(=O)NN=C1c1ccc(OCC(=O)NCCN2CCN(C(=O)c3ccc(Cl)cc3)CC2)c(Cl)c1. The molecule has 37 heavy (non-hydrogen) atoms. The van der Waals surface area contributed by atoms with Crippen molar-refractivity contribution in [2.75, 3.05) is 45.9 Å². The Labute approximate surface area is 224 Å². The Bertz CT molecular complexity index is 1180. The number of nitrogens with zero attached hydrogens (tertiary/aromatic N) is 3. The predicted octanol–water partition coefficient (Wildman–Crippen LogP) is 2.35. The first kappa shape index (κ1) is 26.7. The summed E-state index contributed by atoms with van der Waals surface area (Å²) in [5, 5.41) is 10.6. The number of carbonyl (C=O) groups excluding carboxylic acids is 3. The van der Waals surface area contributed by atoms with Gasteiger partial charge < -0.3 is 20.3 Å². The summed E-state index contributed by atoms with van der Waals surface area (Å²) in [6, 6.07) is 11.4. The highest BCUT2D eigenvalue weighted by Gasteiger charge is 2.23. The Hall–Kier alpha value is -3.34. The van der Waals surface area contributed by atoms with Crippen molar-refractivity contribution in [3.8, 4) is 5.75 Å². The second-order valence-corrected chi connectivity index (χ2v) is 9.57. The Kier molecular flexibility index (Phi) is 8.86. The maximum Gasteiger partial charge on any atom is 0.335 e. The molecule has 0 spiro atoms. The molecule has 2 heterocycles. The van der Waals surface area contributed by atoms with Crippen LogP contribution in [0.4, 0.5) is 4.79 Å². The number of ether oxygens (including phenoxy) is 1. The van der Waals surface area contributed by atoms with Crippen LogP contribution in [-0.2, 0) is 4.79 Å². The van der Waals surface area contributed by atoms with E-state index >= 15 is 0 Å². The number of piperazine rings is 1. The van der Waals surface area contributed by atoms with E-state index in [2.05, 4.69) is 26.1 Å². The smallest absolute Gasteiger partial charge is 0.335 e. The lowest BCUT2D eigenvalue weighted by Crippen LogP contribution is -2.50. The number of hydrogen-bond donors (Lipinski definition) is 3. The van der Waals surface area contributed by atoms with Gasteiger partial charge in [-0.05, 0) is 49.4 Å². The van der Waals surface area contributed by atoms with Crippen LogP contribution in [0.5, 0.6) is 5.75 Å². The molecule has 0 aliphatic carbocycles. The van der Waals surface area contributed by atoms with Crippen LogP contribution in [0.2, 0.25) is 10.0 Å². The second-order valence-electron chi connectivity index (χ2n) is 8.73. The first-order valence-electron chi connectivity index (χ1n) is 11.9. The lowest BCUT2D eigenvalue weighted by Gasteiger charge is -2.34. The van der Waals surface area contributed by atoms with Crippen LogP contribution in [0.25, 0.3) is 0 Å². The number of halogens is 2. The van der Waals surface area contributed by atoms with Crippen molar-refractivity contribution in [3.63, 3.8) is 0 Å². The molecule has 10 nitrogen and oxygen atoms in total. The zero-order chi connectivity index (χ0) is 26.4. The molecule has 1 fully saturated rings. The van der Waals surface area contributed by atoms with Gasteiger partial charge in [0.1, 0.15) is 5.75 Å². The monoisotopic (exact) mass is 546 g/mol. The fourth-order valence-electron chi connectivity index (χ4n) is 4.09. The van der Waals surface area contributed by atoms with E-state index in [1.807, 2.05) is 11.8 Å². The molecule has 2 aliphatic rings. The first-order valence-corrected chi connectivity index (χ1v) is 12.7. The van der Waals surface area contributed by atoms with Gasteiger partial charge in [-0.2, -0.15) is 5.10 Å². The van der Waals surface area contributed by atoms with Gasteiger partial charge in [-0.25, -0.2) is 10.2 Å². The average molecular weight is 547 g/mol. The summed E-state index contributed by atoms with van der Waals surface area (Å²) in [6.07, 6.45) is 0. The zero-order valence-corrected chi connectivity index (χ0v) is 21.8. The molecule has 1 atom stereocenters. The minimum absolute atomic E-state index is 0.00172. The summed E-state index contributed by atoms with van der Waals surface area (Å²) in [5.74, 6) is 0.120. The lowest BCUT2D eigenvalue weighted by molar-refractivity contribution is -0.123. The number of amides is 4. The molecule has 4 amide bonds. The molecule has 3 N–H and O–H groups in total. The molecule has 12 heteroatoms. The van der Waals surface area contributed by atoms with Crippen molar-refractivity contribution in [2.24, 2.45) is 5.10 Å². The Balaban J connectivity index is 1.16. The summed E-state index contributed by atoms with van der Waals surface area (Å²) < 4.78 is 5.58. The van der Waals surface area contributed by atoms with Crippen LogP contribution < -0.4 is 20.8 Å². The van der Waals surface area contributed by atoms with E-state index in [9.17, 15) is 14.4 Å². The summed E-state index contributed by atoms with van der Waals surface area (Å²) >= 11 is 12.2. The third-order valence-corrected chi connectivity index (χ3v) is 6.67. The minimum atomic E-state index is -0.361. The molecule has 0 bridgehead atoms. The van der Waals surface area contributed by atoms with Crippen molar-refractivity contribution in [2.45, 2.75) is 13.0 Å². The maximum absolute atomic E-state index is 12.6. The zero-order valence-electron chi connectivity index (χ0n) is 20.3. The van der Waals surface area contributed by atoms with Crippen molar-refractivity contribution in [1.82, 2.24) is 25.9 Å². The van der Waals surface area contributed by atoms with E-state index in [0.717, 1.165) is 18.7 Å². The Morgan fingerprint density at radius 1 is 1.11 bits per heavy atom. The normalized spacial score (nSPS) is 17.9. The topological polar surface area (TPSA) is 115 Å². The Morgan fingerprint density at radius 2 is 1.84 bits per heavy atom. The van der Waals surface area contributed by atoms with E-state index in [0.29, 0.717) is 53.2 Å². The number of nitrogens with one attached hydrogen (secondary N) is 3. The van der Waals surface area contributed by atoms with Gasteiger partial charge in [0.2, 0.25) is 0 Å². The fraction of sp³-hybridized carbons (Fsp3) is 0.360. The number of urea groups is 1. The van der Waals surface area contributed by atoms with E-state index in [1.54, 1.807) is 42.5 Å². The third-order valence-electron chi connectivity index (χ3n) is 6.12. The van der Waals surface area contributed by atoms with Crippen LogP contribution in [0.15, 0.2) is 47.6 Å². The molecule has 0 saturated carbocycles. The molecule has 0 aromatic heterocycles. The largest absolute Gasteiger partial charge is 0.482 e. The minimum Gasteiger partial charge on any atom is -0.482 e. The fourth-order valence-corrected chi connectivity index (χ4v) is 4.46. The summed E-state index contributed by atoms with van der Waals surface area (Å²) in [7, 11) is 0. The van der Waals surface area contributed by atoms with Crippen LogP contribution >= 0.6 is 23.2 Å². The van der Waals surface area contributed by atoms with Gasteiger partial charge in [0, 0.05) is 55.4 Å². The van der Waals surface area contributed by atoms with Gasteiger partial charge >= 0.3 is 6.03 Å². The van der Waals surface area contributed by atoms with Gasteiger partial charge in [-0.15, -0.1) is 0 Å². The Morgan fingerprint density at radius 3 is 2.51 bits per heavy atom. The van der Waals surface area contributed by atoms with Crippen molar-refractivity contribution < 1.29 is 19.1 Å². The highest BCUT2D eigenvalue weighted by Crippen LogP contribution is 2.26. The first-order chi connectivity index (χ1) is 17.8. The van der Waals surface area contributed by atoms with Crippen LogP contribution in [0.1, 0.15) is 22.8 Å². The summed E-state index contributed by atoms with van der Waals surface area (Å²) in [6.45, 7) is 5.51. The molecule has 196 valence electrons.